The van der Waals surface area contributed by atoms with Crippen molar-refractivity contribution in [1.82, 2.24) is 10.3 Å². The van der Waals surface area contributed by atoms with E-state index in [-0.39, 0.29) is 18.8 Å². The van der Waals surface area contributed by atoms with Gasteiger partial charge in [-0.15, -0.1) is 0 Å². The zero-order chi connectivity index (χ0) is 12.1. The normalized spacial score (nSPS) is 11.1. The lowest BCUT2D eigenvalue weighted by atomic mass is 10.4. The van der Waals surface area contributed by atoms with Crippen LogP contribution in [0.25, 0.3) is 0 Å². The third-order valence-corrected chi connectivity index (χ3v) is 1.89. The zero-order valence-electron chi connectivity index (χ0n) is 8.74. The summed E-state index contributed by atoms with van der Waals surface area (Å²) in [6, 6.07) is 2.99. The number of halogens is 2. The van der Waals surface area contributed by atoms with E-state index in [9.17, 15) is 13.6 Å². The fourth-order valence-electron chi connectivity index (χ4n) is 1.22. The molecule has 1 aromatic heterocycles. The van der Waals surface area contributed by atoms with Crippen molar-refractivity contribution in [3.05, 3.63) is 23.7 Å². The van der Waals surface area contributed by atoms with Crippen molar-refractivity contribution in [3.63, 3.8) is 0 Å². The van der Waals surface area contributed by atoms with Crippen LogP contribution in [0.15, 0.2) is 16.5 Å². The molecular weight excluding hydrogens is 220 g/mol. The highest BCUT2D eigenvalue weighted by molar-refractivity contribution is 5.90. The van der Waals surface area contributed by atoms with Gasteiger partial charge in [-0.2, -0.15) is 0 Å². The zero-order valence-corrected chi connectivity index (χ0v) is 8.74. The van der Waals surface area contributed by atoms with Crippen molar-refractivity contribution in [2.75, 3.05) is 13.6 Å². The number of hydrogen-bond donors (Lipinski definition) is 2. The topological polar surface area (TPSA) is 71.5 Å². The van der Waals surface area contributed by atoms with Crippen LogP contribution in [0.5, 0.6) is 0 Å². The fourth-order valence-corrected chi connectivity index (χ4v) is 1.22. The van der Waals surface area contributed by atoms with E-state index in [0.717, 1.165) is 0 Å². The Bertz CT molecular complexity index is 354. The van der Waals surface area contributed by atoms with Gasteiger partial charge in [-0.05, 0) is 19.2 Å². The summed E-state index contributed by atoms with van der Waals surface area (Å²) >= 11 is 0. The molecule has 0 atom stereocenters. The highest BCUT2D eigenvalue weighted by Gasteiger charge is 2.12. The second kappa shape index (κ2) is 5.57. The fraction of sp³-hybridized carbons (Fsp3) is 0.444. The smallest absolute Gasteiger partial charge is 0.300 e. The lowest BCUT2D eigenvalue weighted by Crippen LogP contribution is -2.29. The highest BCUT2D eigenvalue weighted by Crippen LogP contribution is 2.10. The number of carbonyl (C=O) groups excluding carboxylic acids is 1. The van der Waals surface area contributed by atoms with E-state index in [4.69, 9.17) is 10.3 Å². The van der Waals surface area contributed by atoms with E-state index < -0.39 is 12.3 Å². The summed E-state index contributed by atoms with van der Waals surface area (Å²) in [7, 11) is 1.54. The number of carbonyl (C=O) groups is 1. The number of nitrogens with zero attached hydrogens (tertiary/aromatic N) is 1. The predicted molar refractivity (Wildman–Crippen MR) is 52.7 cm³/mol. The third kappa shape index (κ3) is 3.59. The number of alkyl halides is 2. The molecule has 3 N–H and O–H groups in total. The van der Waals surface area contributed by atoms with Crippen molar-refractivity contribution < 1.29 is 18.0 Å². The average Bonchev–Trinajstić information content (AvgIpc) is 2.63. The van der Waals surface area contributed by atoms with Crippen LogP contribution in [-0.2, 0) is 6.54 Å². The second-order valence-corrected chi connectivity index (χ2v) is 3.33. The summed E-state index contributed by atoms with van der Waals surface area (Å²) in [5.74, 6) is 4.85. The number of hydrogen-bond acceptors (Lipinski definition) is 4. The number of furan rings is 1. The van der Waals surface area contributed by atoms with Crippen LogP contribution in [0.3, 0.4) is 0 Å². The molecule has 0 aromatic carbocycles. The Kier molecular flexibility index (Phi) is 4.39. The molecule has 0 unspecified atom stereocenters. The van der Waals surface area contributed by atoms with Crippen LogP contribution in [0.4, 0.5) is 8.78 Å². The SMILES string of the molecule is CN(Cc1ccc(C(=O)NN)o1)CC(F)F. The summed E-state index contributed by atoms with van der Waals surface area (Å²) in [6.07, 6.45) is -2.40. The third-order valence-electron chi connectivity index (χ3n) is 1.89. The summed E-state index contributed by atoms with van der Waals surface area (Å²) in [5.41, 5.74) is 1.91. The summed E-state index contributed by atoms with van der Waals surface area (Å²) in [5, 5.41) is 0. The molecule has 0 aliphatic rings. The molecule has 0 saturated carbocycles. The van der Waals surface area contributed by atoms with Crippen molar-refractivity contribution in [2.24, 2.45) is 5.84 Å². The minimum absolute atomic E-state index is 0.0583. The quantitative estimate of drug-likeness (QED) is 0.443. The van der Waals surface area contributed by atoms with Gasteiger partial charge in [0, 0.05) is 0 Å². The molecule has 1 aromatic rings. The molecule has 1 heterocycles. The van der Waals surface area contributed by atoms with Crippen LogP contribution >= 0.6 is 0 Å². The van der Waals surface area contributed by atoms with E-state index >= 15 is 0 Å². The van der Waals surface area contributed by atoms with Gasteiger partial charge < -0.3 is 4.42 Å². The first kappa shape index (κ1) is 12.6. The molecule has 0 aliphatic carbocycles. The Labute approximate surface area is 91.2 Å². The first-order valence-corrected chi connectivity index (χ1v) is 4.59. The van der Waals surface area contributed by atoms with Gasteiger partial charge in [0.2, 0.25) is 0 Å². The Morgan fingerprint density at radius 3 is 2.88 bits per heavy atom. The van der Waals surface area contributed by atoms with Gasteiger partial charge in [0.1, 0.15) is 5.76 Å². The van der Waals surface area contributed by atoms with Crippen molar-refractivity contribution in [2.45, 2.75) is 13.0 Å². The van der Waals surface area contributed by atoms with Gasteiger partial charge in [0.15, 0.2) is 5.76 Å². The molecule has 5 nitrogen and oxygen atoms in total. The number of nitrogens with one attached hydrogen (secondary N) is 1. The Hall–Kier alpha value is -1.47. The van der Waals surface area contributed by atoms with Crippen molar-refractivity contribution in [3.8, 4) is 0 Å². The molecule has 1 rings (SSSR count). The standard InChI is InChI=1S/C9H13F2N3O2/c1-14(5-8(10)11)4-6-2-3-7(16-6)9(15)13-12/h2-3,8H,4-5,12H2,1H3,(H,13,15). The summed E-state index contributed by atoms with van der Waals surface area (Å²) in [6.45, 7) is -0.138. The summed E-state index contributed by atoms with van der Waals surface area (Å²) < 4.78 is 29.2. The van der Waals surface area contributed by atoms with Crippen LogP contribution in [0, 0.1) is 0 Å². The van der Waals surface area contributed by atoms with E-state index in [1.54, 1.807) is 6.07 Å². The van der Waals surface area contributed by atoms with Crippen LogP contribution < -0.4 is 11.3 Å². The minimum atomic E-state index is -2.40. The molecule has 7 heteroatoms. The Morgan fingerprint density at radius 1 is 1.62 bits per heavy atom. The molecule has 0 aliphatic heterocycles. The number of nitrogens with two attached hydrogens (primary N) is 1. The maximum absolute atomic E-state index is 12.0. The van der Waals surface area contributed by atoms with E-state index in [1.807, 2.05) is 5.43 Å². The lowest BCUT2D eigenvalue weighted by Gasteiger charge is -2.13. The largest absolute Gasteiger partial charge is 0.455 e. The maximum Gasteiger partial charge on any atom is 0.300 e. The first-order chi connectivity index (χ1) is 7.52. The van der Waals surface area contributed by atoms with Crippen LogP contribution in [-0.4, -0.2) is 30.8 Å². The molecule has 0 saturated heterocycles. The predicted octanol–water partition coefficient (Wildman–Crippen LogP) is 0.580. The van der Waals surface area contributed by atoms with E-state index in [0.29, 0.717) is 5.76 Å². The molecule has 0 fully saturated rings. The van der Waals surface area contributed by atoms with Crippen molar-refractivity contribution >= 4 is 5.91 Å². The van der Waals surface area contributed by atoms with E-state index in [1.165, 1.54) is 18.0 Å². The maximum atomic E-state index is 12.0. The Morgan fingerprint density at radius 2 is 2.31 bits per heavy atom. The molecule has 16 heavy (non-hydrogen) atoms. The molecule has 0 spiro atoms. The van der Waals surface area contributed by atoms with Gasteiger partial charge in [-0.3, -0.25) is 15.1 Å². The van der Waals surface area contributed by atoms with Gasteiger partial charge >= 0.3 is 5.91 Å². The summed E-state index contributed by atoms with van der Waals surface area (Å²) in [4.78, 5) is 12.4. The first-order valence-electron chi connectivity index (χ1n) is 4.59. The van der Waals surface area contributed by atoms with Gasteiger partial charge in [-0.1, -0.05) is 0 Å². The lowest BCUT2D eigenvalue weighted by molar-refractivity contribution is 0.0893. The van der Waals surface area contributed by atoms with Crippen molar-refractivity contribution in [1.29, 1.82) is 0 Å². The molecule has 1 amide bonds. The second-order valence-electron chi connectivity index (χ2n) is 3.33. The molecule has 0 radical (unpaired) electrons. The van der Waals surface area contributed by atoms with Crippen LogP contribution in [0.1, 0.15) is 16.3 Å². The molecular formula is C9H13F2N3O2. The molecule has 90 valence electrons. The van der Waals surface area contributed by atoms with Gasteiger partial charge in [-0.25, -0.2) is 14.6 Å². The number of rotatable bonds is 5. The number of hydrazine groups is 1. The molecule has 0 bridgehead atoms. The Balaban J connectivity index is 2.55. The van der Waals surface area contributed by atoms with E-state index in [2.05, 4.69) is 0 Å². The van der Waals surface area contributed by atoms with Gasteiger partial charge in [0.05, 0.1) is 13.1 Å². The van der Waals surface area contributed by atoms with Crippen LogP contribution in [0.2, 0.25) is 0 Å². The highest BCUT2D eigenvalue weighted by atomic mass is 19.3. The number of amides is 1. The number of nitrogen functional groups attached to an aromatic ring is 1. The average molecular weight is 233 g/mol. The minimum Gasteiger partial charge on any atom is -0.455 e. The monoisotopic (exact) mass is 233 g/mol. The van der Waals surface area contributed by atoms with Gasteiger partial charge in [0.25, 0.3) is 6.43 Å².